The predicted molar refractivity (Wildman–Crippen MR) is 119 cm³/mol. The van der Waals surface area contributed by atoms with E-state index in [1.807, 2.05) is 0 Å². The normalized spacial score (nSPS) is 26.9. The third-order valence-corrected chi connectivity index (χ3v) is 6.80. The Kier molecular flexibility index (Phi) is 8.47. The predicted octanol–water partition coefficient (Wildman–Crippen LogP) is 0.377. The van der Waals surface area contributed by atoms with Crippen molar-refractivity contribution in [3.8, 4) is 5.75 Å². The first-order chi connectivity index (χ1) is 16.1. The number of methoxy groups -OCH3 is 1. The Morgan fingerprint density at radius 2 is 2.00 bits per heavy atom. The number of carbonyl (C=O) groups is 2. The van der Waals surface area contributed by atoms with E-state index in [0.29, 0.717) is 12.0 Å². The molecule has 1 aromatic rings. The number of allylic oxidation sites excluding steroid dienone is 1. The topological polar surface area (TPSA) is 170 Å². The lowest BCUT2D eigenvalue weighted by atomic mass is 10.1. The van der Waals surface area contributed by atoms with Crippen molar-refractivity contribution in [1.29, 1.82) is 0 Å². The summed E-state index contributed by atoms with van der Waals surface area (Å²) in [6.07, 6.45) is 0.0518. The van der Waals surface area contributed by atoms with Crippen molar-refractivity contribution >= 4 is 19.6 Å². The highest BCUT2D eigenvalue weighted by atomic mass is 31.2. The summed E-state index contributed by atoms with van der Waals surface area (Å²) < 4.78 is 34.8. The smallest absolute Gasteiger partial charge is 0.459 e. The summed E-state index contributed by atoms with van der Waals surface area (Å²) in [6.45, 7) is 0.964. The molecule has 2 unspecified atom stereocenters. The fourth-order valence-electron chi connectivity index (χ4n) is 3.36. The molecule has 34 heavy (non-hydrogen) atoms. The number of nitrogens with two attached hydrogens (primary N) is 1. The maximum atomic E-state index is 13.4. The second-order valence-corrected chi connectivity index (χ2v) is 9.37. The van der Waals surface area contributed by atoms with Gasteiger partial charge in [-0.25, -0.2) is 4.57 Å². The second-order valence-electron chi connectivity index (χ2n) is 7.67. The Morgan fingerprint density at radius 1 is 1.29 bits per heavy atom. The van der Waals surface area contributed by atoms with Crippen LogP contribution in [-0.2, 0) is 28.2 Å². The van der Waals surface area contributed by atoms with E-state index >= 15 is 0 Å². The van der Waals surface area contributed by atoms with Crippen molar-refractivity contribution in [3.05, 3.63) is 54.4 Å². The van der Waals surface area contributed by atoms with E-state index in [9.17, 15) is 24.4 Å². The van der Waals surface area contributed by atoms with Gasteiger partial charge < -0.3 is 34.8 Å². The zero-order valence-electron chi connectivity index (χ0n) is 18.6. The first-order valence-corrected chi connectivity index (χ1v) is 12.0. The van der Waals surface area contributed by atoms with Crippen molar-refractivity contribution in [2.75, 3.05) is 13.7 Å². The number of carbonyl (C=O) groups excluding carboxylic acids is 2. The highest BCUT2D eigenvalue weighted by Crippen LogP contribution is 2.45. The number of benzene rings is 1. The van der Waals surface area contributed by atoms with Crippen LogP contribution in [0.5, 0.6) is 5.75 Å². The van der Waals surface area contributed by atoms with E-state index in [-0.39, 0.29) is 5.75 Å². The molecule has 0 aliphatic carbocycles. The van der Waals surface area contributed by atoms with Gasteiger partial charge in [-0.1, -0.05) is 24.3 Å². The summed E-state index contributed by atoms with van der Waals surface area (Å²) >= 11 is 0. The fraction of sp³-hybridized carbons (Fsp3) is 0.429. The van der Waals surface area contributed by atoms with Gasteiger partial charge >= 0.3 is 13.7 Å². The molecule has 3 rings (SSSR count). The summed E-state index contributed by atoms with van der Waals surface area (Å²) in [5, 5.41) is 23.5. The molecule has 1 aromatic carbocycles. The average molecular weight is 497 g/mol. The van der Waals surface area contributed by atoms with Crippen LogP contribution in [0.25, 0.3) is 0 Å². The van der Waals surface area contributed by atoms with Gasteiger partial charge in [0.25, 0.3) is 0 Å². The van der Waals surface area contributed by atoms with E-state index in [1.165, 1.54) is 25.1 Å². The average Bonchev–Trinajstić information content (AvgIpc) is 3.11. The molecule has 2 aliphatic heterocycles. The fourth-order valence-corrected chi connectivity index (χ4v) is 4.86. The molecule has 0 aromatic heterocycles. The lowest BCUT2D eigenvalue weighted by molar-refractivity contribution is -0.142. The monoisotopic (exact) mass is 497 g/mol. The maximum absolute atomic E-state index is 13.4. The van der Waals surface area contributed by atoms with Gasteiger partial charge in [0.15, 0.2) is 6.23 Å². The van der Waals surface area contributed by atoms with Crippen molar-refractivity contribution in [2.45, 2.75) is 43.9 Å². The summed E-state index contributed by atoms with van der Waals surface area (Å²) in [5.41, 5.74) is 5.62. The molecule has 0 spiro atoms. The number of esters is 1. The number of primary amides is 1. The van der Waals surface area contributed by atoms with Gasteiger partial charge in [0, 0.05) is 18.0 Å². The van der Waals surface area contributed by atoms with Crippen molar-refractivity contribution in [2.24, 2.45) is 5.73 Å². The standard InChI is InChI=1S/C21H28N3O9P/c1-13(21(28)30-2)23-34(29,33-15-8-4-3-5-9-15)31-12-16-17(25)18(26)20(32-16)24-10-6-7-14(11-24)19(22)27/h3-6,8-11,13,16-18,20,25-26H,7,12H2,1-2H3,(H2,22,27)(H,23,29)/t13-,16+,17+,18+,20?,34?/m0/s1. The van der Waals surface area contributed by atoms with Crippen LogP contribution in [0.3, 0.4) is 0 Å². The van der Waals surface area contributed by atoms with Crippen LogP contribution in [0, 0.1) is 0 Å². The SMILES string of the molecule is COC(=O)[C@H](C)NP(=O)(OC[C@H]1OC(N2C=CCC(C(N)=O)=C2)[C@H](O)[C@@H]1O)Oc1ccccc1. The molecule has 6 atom stereocenters. The third-order valence-electron chi connectivity index (χ3n) is 5.15. The van der Waals surface area contributed by atoms with Crippen LogP contribution >= 0.6 is 7.75 Å². The van der Waals surface area contributed by atoms with Crippen LogP contribution in [0.2, 0.25) is 0 Å². The number of para-hydroxylation sites is 1. The van der Waals surface area contributed by atoms with Gasteiger partial charge in [0.05, 0.1) is 13.7 Å². The summed E-state index contributed by atoms with van der Waals surface area (Å²) in [5.74, 6) is -1.10. The lowest BCUT2D eigenvalue weighted by Crippen LogP contribution is -2.40. The van der Waals surface area contributed by atoms with E-state index in [2.05, 4.69) is 9.82 Å². The minimum Gasteiger partial charge on any atom is -0.468 e. The molecule has 1 amide bonds. The highest BCUT2D eigenvalue weighted by molar-refractivity contribution is 7.52. The quantitative estimate of drug-likeness (QED) is 0.260. The number of aliphatic hydroxyl groups is 2. The summed E-state index contributed by atoms with van der Waals surface area (Å²) in [6, 6.07) is 7.12. The Balaban J connectivity index is 1.72. The van der Waals surface area contributed by atoms with Crippen LogP contribution in [-0.4, -0.2) is 71.3 Å². The number of rotatable bonds is 10. The first kappa shape index (κ1) is 25.9. The van der Waals surface area contributed by atoms with Crippen LogP contribution in [0.15, 0.2) is 54.4 Å². The molecule has 1 fully saturated rings. The third kappa shape index (κ3) is 6.23. The molecule has 1 saturated heterocycles. The molecule has 2 heterocycles. The number of nitrogens with one attached hydrogen (secondary N) is 1. The summed E-state index contributed by atoms with van der Waals surface area (Å²) in [7, 11) is -2.98. The van der Waals surface area contributed by atoms with Crippen molar-refractivity contribution in [3.63, 3.8) is 0 Å². The molecule has 0 radical (unpaired) electrons. The molecule has 5 N–H and O–H groups in total. The van der Waals surface area contributed by atoms with E-state index in [0.717, 1.165) is 0 Å². The lowest BCUT2D eigenvalue weighted by Gasteiger charge is -2.28. The van der Waals surface area contributed by atoms with Gasteiger partial charge in [-0.15, -0.1) is 0 Å². The Hall–Kier alpha value is -2.73. The van der Waals surface area contributed by atoms with E-state index in [1.54, 1.807) is 42.6 Å². The minimum absolute atomic E-state index is 0.212. The van der Waals surface area contributed by atoms with E-state index in [4.69, 9.17) is 19.5 Å². The first-order valence-electron chi connectivity index (χ1n) is 10.4. The molecular weight excluding hydrogens is 469 g/mol. The van der Waals surface area contributed by atoms with Crippen LogP contribution < -0.4 is 15.3 Å². The number of hydrogen-bond donors (Lipinski definition) is 4. The van der Waals surface area contributed by atoms with Crippen molar-refractivity contribution in [1.82, 2.24) is 9.99 Å². The van der Waals surface area contributed by atoms with Gasteiger partial charge in [0.1, 0.15) is 30.1 Å². The van der Waals surface area contributed by atoms with Gasteiger partial charge in [-0.05, 0) is 25.5 Å². The number of amides is 1. The maximum Gasteiger partial charge on any atom is 0.459 e. The number of aliphatic hydroxyl groups excluding tert-OH is 2. The highest BCUT2D eigenvalue weighted by Gasteiger charge is 2.46. The zero-order chi connectivity index (χ0) is 24.9. The molecule has 13 heteroatoms. The van der Waals surface area contributed by atoms with Gasteiger partial charge in [0.2, 0.25) is 5.91 Å². The number of ether oxygens (including phenoxy) is 2. The Morgan fingerprint density at radius 3 is 2.65 bits per heavy atom. The van der Waals surface area contributed by atoms with Crippen molar-refractivity contribution < 1.29 is 42.9 Å². The minimum atomic E-state index is -4.16. The van der Waals surface area contributed by atoms with Crippen LogP contribution in [0.1, 0.15) is 13.3 Å². The zero-order valence-corrected chi connectivity index (χ0v) is 19.5. The van der Waals surface area contributed by atoms with Crippen LogP contribution in [0.4, 0.5) is 0 Å². The molecule has 186 valence electrons. The number of nitrogens with zero attached hydrogens (tertiary/aromatic N) is 1. The molecule has 2 aliphatic rings. The molecular formula is C21H28N3O9P. The second kappa shape index (κ2) is 11.1. The summed E-state index contributed by atoms with van der Waals surface area (Å²) in [4.78, 5) is 24.7. The Labute approximate surface area is 196 Å². The molecule has 0 bridgehead atoms. The molecule has 0 saturated carbocycles. The largest absolute Gasteiger partial charge is 0.468 e. The Bertz CT molecular complexity index is 987. The molecule has 12 nitrogen and oxygen atoms in total. The number of hydrogen-bond acceptors (Lipinski definition) is 10. The van der Waals surface area contributed by atoms with Gasteiger partial charge in [-0.3, -0.25) is 14.1 Å². The van der Waals surface area contributed by atoms with E-state index < -0.39 is 56.8 Å². The van der Waals surface area contributed by atoms with Gasteiger partial charge in [-0.2, -0.15) is 5.09 Å².